The molecule has 0 unspecified atom stereocenters. The van der Waals surface area contributed by atoms with Gasteiger partial charge in [0.2, 0.25) is 0 Å². The lowest BCUT2D eigenvalue weighted by Crippen LogP contribution is -1.99. The highest BCUT2D eigenvalue weighted by molar-refractivity contribution is 8.02. The van der Waals surface area contributed by atoms with Crippen LogP contribution in [-0.2, 0) is 12.2 Å². The van der Waals surface area contributed by atoms with Crippen molar-refractivity contribution >= 4 is 11.8 Å². The van der Waals surface area contributed by atoms with E-state index in [2.05, 4.69) is 43.5 Å². The van der Waals surface area contributed by atoms with Crippen LogP contribution in [-0.4, -0.2) is 0 Å². The molecular weight excluding hydrogens is 212 g/mol. The van der Waals surface area contributed by atoms with Crippen LogP contribution in [0, 0.1) is 0 Å². The van der Waals surface area contributed by atoms with Gasteiger partial charge in [-0.05, 0) is 35.6 Å². The highest BCUT2D eigenvalue weighted by Crippen LogP contribution is 2.33. The Morgan fingerprint density at radius 3 is 2.62 bits per heavy atom. The molecule has 1 aliphatic heterocycles. The van der Waals surface area contributed by atoms with Crippen LogP contribution < -0.4 is 0 Å². The first-order chi connectivity index (χ1) is 7.81. The predicted octanol–water partition coefficient (Wildman–Crippen LogP) is 4.49. The third-order valence-electron chi connectivity index (χ3n) is 2.82. The van der Waals surface area contributed by atoms with E-state index in [4.69, 9.17) is 0 Å². The smallest absolute Gasteiger partial charge is 0.0234 e. The Balaban J connectivity index is 2.27. The molecule has 0 nitrogen and oxygen atoms in total. The molecule has 0 N–H and O–H groups in total. The second-order valence-electron chi connectivity index (χ2n) is 3.93. The number of aryl methyl sites for hydroxylation is 1. The Morgan fingerprint density at radius 1 is 1.12 bits per heavy atom. The molecule has 1 aromatic rings. The molecule has 1 heteroatoms. The van der Waals surface area contributed by atoms with Crippen LogP contribution in [0.4, 0.5) is 0 Å². The molecule has 0 saturated carbocycles. The molecule has 0 fully saturated rings. The SMILES string of the molecule is C=C/C=C1/SCc2ccccc2CCC1=C. The molecule has 0 saturated heterocycles. The first kappa shape index (κ1) is 11.3. The van der Waals surface area contributed by atoms with Crippen molar-refractivity contribution in [1.29, 1.82) is 0 Å². The van der Waals surface area contributed by atoms with Crippen molar-refractivity contribution in [3.8, 4) is 0 Å². The van der Waals surface area contributed by atoms with E-state index in [0.29, 0.717) is 0 Å². The van der Waals surface area contributed by atoms with E-state index in [0.717, 1.165) is 18.6 Å². The summed E-state index contributed by atoms with van der Waals surface area (Å²) >= 11 is 1.86. The molecule has 1 heterocycles. The van der Waals surface area contributed by atoms with E-state index in [1.165, 1.54) is 21.6 Å². The van der Waals surface area contributed by atoms with Crippen molar-refractivity contribution < 1.29 is 0 Å². The largest absolute Gasteiger partial charge is 0.121 e. The zero-order chi connectivity index (χ0) is 11.4. The van der Waals surface area contributed by atoms with Crippen molar-refractivity contribution in [2.75, 3.05) is 0 Å². The van der Waals surface area contributed by atoms with Crippen LogP contribution in [0.1, 0.15) is 17.5 Å². The van der Waals surface area contributed by atoms with Gasteiger partial charge in [-0.1, -0.05) is 43.5 Å². The van der Waals surface area contributed by atoms with Crippen LogP contribution in [0.5, 0.6) is 0 Å². The van der Waals surface area contributed by atoms with Gasteiger partial charge in [0, 0.05) is 10.7 Å². The Labute approximate surface area is 102 Å². The average molecular weight is 228 g/mol. The maximum atomic E-state index is 4.15. The summed E-state index contributed by atoms with van der Waals surface area (Å²) in [4.78, 5) is 1.28. The van der Waals surface area contributed by atoms with Crippen LogP contribution in [0.2, 0.25) is 0 Å². The van der Waals surface area contributed by atoms with Crippen molar-refractivity contribution in [1.82, 2.24) is 0 Å². The van der Waals surface area contributed by atoms with Gasteiger partial charge < -0.3 is 0 Å². The summed E-state index contributed by atoms with van der Waals surface area (Å²) < 4.78 is 0. The molecule has 16 heavy (non-hydrogen) atoms. The van der Waals surface area contributed by atoms with Gasteiger partial charge >= 0.3 is 0 Å². The maximum absolute atomic E-state index is 4.15. The number of fused-ring (bicyclic) bond motifs is 1. The zero-order valence-electron chi connectivity index (χ0n) is 9.41. The summed E-state index contributed by atoms with van der Waals surface area (Å²) in [7, 11) is 0. The number of thioether (sulfide) groups is 1. The van der Waals surface area contributed by atoms with Crippen molar-refractivity contribution in [2.45, 2.75) is 18.6 Å². The molecule has 0 aromatic heterocycles. The first-order valence-corrected chi connectivity index (χ1v) is 6.50. The van der Waals surface area contributed by atoms with E-state index in [-0.39, 0.29) is 0 Å². The van der Waals surface area contributed by atoms with Gasteiger partial charge in [-0.15, -0.1) is 11.8 Å². The lowest BCUT2D eigenvalue weighted by molar-refractivity contribution is 0.946. The summed E-state index contributed by atoms with van der Waals surface area (Å²) in [6, 6.07) is 8.69. The van der Waals surface area contributed by atoms with Crippen molar-refractivity contribution in [3.63, 3.8) is 0 Å². The normalized spacial score (nSPS) is 18.8. The number of hydrogen-bond donors (Lipinski definition) is 0. The molecule has 1 aliphatic rings. The number of allylic oxidation sites excluding steroid dienone is 3. The summed E-state index contributed by atoms with van der Waals surface area (Å²) in [6.45, 7) is 7.91. The Hall–Kier alpha value is -1.21. The van der Waals surface area contributed by atoms with Crippen molar-refractivity contribution in [2.24, 2.45) is 0 Å². The molecule has 2 rings (SSSR count). The molecule has 82 valence electrons. The second-order valence-corrected chi connectivity index (χ2v) is 4.94. The van der Waals surface area contributed by atoms with E-state index < -0.39 is 0 Å². The fourth-order valence-corrected chi connectivity index (χ4v) is 2.97. The highest BCUT2D eigenvalue weighted by atomic mass is 32.2. The lowest BCUT2D eigenvalue weighted by Gasteiger charge is -2.17. The van der Waals surface area contributed by atoms with Gasteiger partial charge in [0.15, 0.2) is 0 Å². The Bertz CT molecular complexity index is 441. The molecule has 0 atom stereocenters. The van der Waals surface area contributed by atoms with Gasteiger partial charge in [-0.2, -0.15) is 0 Å². The maximum Gasteiger partial charge on any atom is 0.0234 e. The van der Waals surface area contributed by atoms with E-state index in [1.54, 1.807) is 0 Å². The fraction of sp³-hybridized carbons (Fsp3) is 0.200. The van der Waals surface area contributed by atoms with Crippen molar-refractivity contribution in [3.05, 3.63) is 71.2 Å². The Morgan fingerprint density at radius 2 is 1.88 bits per heavy atom. The molecule has 0 bridgehead atoms. The minimum absolute atomic E-state index is 1.04. The topological polar surface area (TPSA) is 0 Å². The van der Waals surface area contributed by atoms with E-state index >= 15 is 0 Å². The zero-order valence-corrected chi connectivity index (χ0v) is 10.2. The van der Waals surface area contributed by atoms with E-state index in [1.807, 2.05) is 17.8 Å². The van der Waals surface area contributed by atoms with Gasteiger partial charge in [0.05, 0.1) is 0 Å². The summed E-state index contributed by atoms with van der Waals surface area (Å²) in [6.07, 6.45) is 6.07. The summed E-state index contributed by atoms with van der Waals surface area (Å²) in [5.41, 5.74) is 4.16. The lowest BCUT2D eigenvalue weighted by atomic mass is 10.0. The predicted molar refractivity (Wildman–Crippen MR) is 73.5 cm³/mol. The molecule has 0 spiro atoms. The fourth-order valence-electron chi connectivity index (χ4n) is 1.88. The molecule has 0 amide bonds. The van der Waals surface area contributed by atoms with Gasteiger partial charge in [-0.3, -0.25) is 0 Å². The second kappa shape index (κ2) is 5.22. The van der Waals surface area contributed by atoms with Gasteiger partial charge in [-0.25, -0.2) is 0 Å². The van der Waals surface area contributed by atoms with E-state index in [9.17, 15) is 0 Å². The van der Waals surface area contributed by atoms with Crippen LogP contribution in [0.15, 0.2) is 60.1 Å². The number of rotatable bonds is 1. The molecular formula is C15H16S. The van der Waals surface area contributed by atoms with Gasteiger partial charge in [0.1, 0.15) is 0 Å². The monoisotopic (exact) mass is 228 g/mol. The van der Waals surface area contributed by atoms with Gasteiger partial charge in [0.25, 0.3) is 0 Å². The third-order valence-corrected chi connectivity index (χ3v) is 4.01. The van der Waals surface area contributed by atoms with Crippen LogP contribution in [0.25, 0.3) is 0 Å². The standard InChI is InChI=1S/C15H16S/c1-3-6-15-12(2)9-10-13-7-4-5-8-14(13)11-16-15/h3-8H,1-2,9-11H2/b15-6+. The molecule has 0 aliphatic carbocycles. The molecule has 1 aromatic carbocycles. The summed E-state index contributed by atoms with van der Waals surface area (Å²) in [5.74, 6) is 1.04. The quantitative estimate of drug-likeness (QED) is 0.682. The first-order valence-electron chi connectivity index (χ1n) is 5.51. The molecule has 0 radical (unpaired) electrons. The third kappa shape index (κ3) is 2.48. The Kier molecular flexibility index (Phi) is 3.68. The summed E-state index contributed by atoms with van der Waals surface area (Å²) in [5, 5.41) is 0. The average Bonchev–Trinajstić information content (AvgIpc) is 2.30. The van der Waals surface area contributed by atoms with Crippen LogP contribution in [0.3, 0.4) is 0 Å². The minimum atomic E-state index is 1.04. The minimum Gasteiger partial charge on any atom is -0.121 e. The number of hydrogen-bond acceptors (Lipinski definition) is 1. The number of benzene rings is 1. The highest BCUT2D eigenvalue weighted by Gasteiger charge is 2.11. The van der Waals surface area contributed by atoms with Crippen LogP contribution >= 0.6 is 11.8 Å².